The smallest absolute Gasteiger partial charge is 0.264 e. The van der Waals surface area contributed by atoms with Crippen molar-refractivity contribution in [3.63, 3.8) is 0 Å². The SMILES string of the molecule is COc1ccc(OC)c(NS(=O)(=O)c2ccc(NC(=O)CN(c3ccc(Cl)cc3C)S(=O)(=O)c3ccccc3)cc2)c1. The van der Waals surface area contributed by atoms with Gasteiger partial charge in [0.25, 0.3) is 20.0 Å². The lowest BCUT2D eigenvalue weighted by atomic mass is 10.2. The van der Waals surface area contributed by atoms with Gasteiger partial charge in [-0.2, -0.15) is 0 Å². The Labute approximate surface area is 250 Å². The number of hydrogen-bond acceptors (Lipinski definition) is 7. The minimum atomic E-state index is -4.12. The first-order valence-corrected chi connectivity index (χ1v) is 15.7. The minimum Gasteiger partial charge on any atom is -0.497 e. The van der Waals surface area contributed by atoms with E-state index in [1.165, 1.54) is 62.8 Å². The zero-order valence-corrected chi connectivity index (χ0v) is 25.3. The number of rotatable bonds is 11. The van der Waals surface area contributed by atoms with E-state index in [1.807, 2.05) is 0 Å². The number of carbonyl (C=O) groups is 1. The summed E-state index contributed by atoms with van der Waals surface area (Å²) in [5.74, 6) is 0.0940. The van der Waals surface area contributed by atoms with E-state index in [0.717, 1.165) is 4.31 Å². The predicted molar refractivity (Wildman–Crippen MR) is 163 cm³/mol. The second-order valence-corrected chi connectivity index (χ2v) is 13.0. The fourth-order valence-electron chi connectivity index (χ4n) is 4.06. The van der Waals surface area contributed by atoms with Gasteiger partial charge in [0.05, 0.1) is 35.4 Å². The Balaban J connectivity index is 1.55. The molecule has 10 nitrogen and oxygen atoms in total. The van der Waals surface area contributed by atoms with Crippen molar-refractivity contribution in [2.24, 2.45) is 0 Å². The van der Waals surface area contributed by atoms with Gasteiger partial charge in [-0.25, -0.2) is 16.8 Å². The van der Waals surface area contributed by atoms with Gasteiger partial charge in [-0.3, -0.25) is 13.8 Å². The highest BCUT2D eigenvalue weighted by Crippen LogP contribution is 2.32. The van der Waals surface area contributed by atoms with Crippen LogP contribution in [0, 0.1) is 6.92 Å². The predicted octanol–water partition coefficient (Wildman–Crippen LogP) is 5.30. The zero-order chi connectivity index (χ0) is 30.5. The number of methoxy groups -OCH3 is 2. The van der Waals surface area contributed by atoms with E-state index >= 15 is 0 Å². The summed E-state index contributed by atoms with van der Waals surface area (Å²) in [5.41, 5.74) is 1.30. The number of aryl methyl sites for hydroxylation is 1. The van der Waals surface area contributed by atoms with Crippen molar-refractivity contribution in [1.82, 2.24) is 0 Å². The molecule has 0 atom stereocenters. The summed E-state index contributed by atoms with van der Waals surface area (Å²) >= 11 is 6.08. The summed E-state index contributed by atoms with van der Waals surface area (Å²) in [7, 11) is -5.27. The molecule has 4 aromatic carbocycles. The van der Waals surface area contributed by atoms with E-state index in [4.69, 9.17) is 21.1 Å². The fraction of sp³-hybridized carbons (Fsp3) is 0.138. The maximum Gasteiger partial charge on any atom is 0.264 e. The number of hydrogen-bond donors (Lipinski definition) is 2. The number of sulfonamides is 2. The van der Waals surface area contributed by atoms with E-state index in [-0.39, 0.29) is 21.2 Å². The molecule has 0 radical (unpaired) electrons. The minimum absolute atomic E-state index is 0.0156. The largest absolute Gasteiger partial charge is 0.497 e. The molecule has 0 aromatic heterocycles. The molecule has 13 heteroatoms. The summed E-state index contributed by atoms with van der Waals surface area (Å²) in [6.07, 6.45) is 0. The third kappa shape index (κ3) is 6.96. The Hall–Kier alpha value is -4.26. The summed E-state index contributed by atoms with van der Waals surface area (Å²) in [6, 6.07) is 22.6. The Kier molecular flexibility index (Phi) is 9.30. The molecule has 0 unspecified atom stereocenters. The molecule has 0 fully saturated rings. The van der Waals surface area contributed by atoms with Crippen LogP contribution >= 0.6 is 11.6 Å². The summed E-state index contributed by atoms with van der Waals surface area (Å²) in [4.78, 5) is 13.0. The molecule has 220 valence electrons. The maximum atomic E-state index is 13.6. The Morgan fingerprint density at radius 3 is 2.14 bits per heavy atom. The molecule has 0 saturated carbocycles. The number of carbonyl (C=O) groups excluding carboxylic acids is 1. The monoisotopic (exact) mass is 629 g/mol. The molecule has 1 amide bonds. The van der Waals surface area contributed by atoms with Gasteiger partial charge in [0.15, 0.2) is 0 Å². The van der Waals surface area contributed by atoms with Gasteiger partial charge < -0.3 is 14.8 Å². The number of nitrogens with zero attached hydrogens (tertiary/aromatic N) is 1. The molecule has 4 aromatic rings. The van der Waals surface area contributed by atoms with Gasteiger partial charge in [0, 0.05) is 16.8 Å². The highest BCUT2D eigenvalue weighted by Gasteiger charge is 2.28. The summed E-state index contributed by atoms with van der Waals surface area (Å²) in [5, 5.41) is 3.06. The molecule has 0 aliphatic rings. The van der Waals surface area contributed by atoms with Crippen LogP contribution in [0.3, 0.4) is 0 Å². The summed E-state index contributed by atoms with van der Waals surface area (Å²) < 4.78 is 67.1. The van der Waals surface area contributed by atoms with E-state index in [2.05, 4.69) is 10.0 Å². The van der Waals surface area contributed by atoms with Crippen molar-refractivity contribution in [3.05, 3.63) is 102 Å². The lowest BCUT2D eigenvalue weighted by Crippen LogP contribution is -2.38. The number of halogens is 1. The number of ether oxygens (including phenoxy) is 2. The van der Waals surface area contributed by atoms with E-state index in [9.17, 15) is 21.6 Å². The highest BCUT2D eigenvalue weighted by atomic mass is 35.5. The van der Waals surface area contributed by atoms with Gasteiger partial charge in [-0.1, -0.05) is 29.8 Å². The number of benzene rings is 4. The molecule has 42 heavy (non-hydrogen) atoms. The second-order valence-electron chi connectivity index (χ2n) is 9.00. The van der Waals surface area contributed by atoms with E-state index in [0.29, 0.717) is 27.8 Å². The molecule has 0 aliphatic heterocycles. The zero-order valence-electron chi connectivity index (χ0n) is 22.9. The molecule has 0 aliphatic carbocycles. The Bertz CT molecular complexity index is 1800. The van der Waals surface area contributed by atoms with Crippen LogP contribution in [0.2, 0.25) is 5.02 Å². The first-order chi connectivity index (χ1) is 19.9. The van der Waals surface area contributed by atoms with Crippen molar-refractivity contribution >= 4 is 54.6 Å². The molecule has 0 heterocycles. The lowest BCUT2D eigenvalue weighted by Gasteiger charge is -2.25. The van der Waals surface area contributed by atoms with Gasteiger partial charge in [0.1, 0.15) is 18.0 Å². The van der Waals surface area contributed by atoms with Crippen molar-refractivity contribution in [1.29, 1.82) is 0 Å². The molecular formula is C29H28ClN3O7S2. The third-order valence-corrected chi connectivity index (χ3v) is 9.54. The first-order valence-electron chi connectivity index (χ1n) is 12.4. The highest BCUT2D eigenvalue weighted by molar-refractivity contribution is 7.93. The van der Waals surface area contributed by atoms with Crippen LogP contribution in [0.5, 0.6) is 11.5 Å². The molecule has 4 rings (SSSR count). The molecule has 2 N–H and O–H groups in total. The average molecular weight is 630 g/mol. The normalized spacial score (nSPS) is 11.4. The van der Waals surface area contributed by atoms with Crippen molar-refractivity contribution < 1.29 is 31.1 Å². The fourth-order valence-corrected chi connectivity index (χ4v) is 6.86. The van der Waals surface area contributed by atoms with Crippen LogP contribution in [0.15, 0.2) is 101 Å². The molecule has 0 bridgehead atoms. The lowest BCUT2D eigenvalue weighted by molar-refractivity contribution is -0.114. The summed E-state index contributed by atoms with van der Waals surface area (Å²) in [6.45, 7) is 1.15. The maximum absolute atomic E-state index is 13.6. The number of anilines is 3. The van der Waals surface area contributed by atoms with Crippen molar-refractivity contribution in [2.75, 3.05) is 35.1 Å². The van der Waals surface area contributed by atoms with Crippen LogP contribution in [0.25, 0.3) is 0 Å². The van der Waals surface area contributed by atoms with Gasteiger partial charge in [-0.05, 0) is 79.2 Å². The van der Waals surface area contributed by atoms with Gasteiger partial charge >= 0.3 is 0 Å². The van der Waals surface area contributed by atoms with Crippen LogP contribution in [-0.2, 0) is 24.8 Å². The Morgan fingerprint density at radius 2 is 1.52 bits per heavy atom. The van der Waals surface area contributed by atoms with Crippen LogP contribution in [0.1, 0.15) is 5.56 Å². The molecule has 0 saturated heterocycles. The second kappa shape index (κ2) is 12.7. The molecular weight excluding hydrogens is 602 g/mol. The van der Waals surface area contributed by atoms with E-state index < -0.39 is 32.5 Å². The first kappa shape index (κ1) is 30.7. The molecule has 0 spiro atoms. The van der Waals surface area contributed by atoms with Crippen molar-refractivity contribution in [3.8, 4) is 11.5 Å². The number of nitrogens with one attached hydrogen (secondary N) is 2. The van der Waals surface area contributed by atoms with Crippen LogP contribution in [0.4, 0.5) is 17.1 Å². The third-order valence-electron chi connectivity index (χ3n) is 6.15. The van der Waals surface area contributed by atoms with Gasteiger partial charge in [0.2, 0.25) is 5.91 Å². The van der Waals surface area contributed by atoms with Crippen molar-refractivity contribution in [2.45, 2.75) is 16.7 Å². The quantitative estimate of drug-likeness (QED) is 0.230. The van der Waals surface area contributed by atoms with Gasteiger partial charge in [-0.15, -0.1) is 0 Å². The van der Waals surface area contributed by atoms with Crippen LogP contribution in [-0.4, -0.2) is 43.5 Å². The topological polar surface area (TPSA) is 131 Å². The van der Waals surface area contributed by atoms with Crippen LogP contribution < -0.4 is 23.8 Å². The standard InChI is InChI=1S/C29H28ClN3O7S2/c1-20-17-21(30)9-15-27(20)33(42(37,38)25-7-5-4-6-8-25)19-29(34)31-22-10-13-24(14-11-22)41(35,36)32-26-18-23(39-2)12-16-28(26)40-3/h4-18,32H,19H2,1-3H3,(H,31,34). The number of amides is 1. The van der Waals surface area contributed by atoms with E-state index in [1.54, 1.807) is 49.4 Å². The average Bonchev–Trinajstić information content (AvgIpc) is 2.96. The Morgan fingerprint density at radius 1 is 0.833 bits per heavy atom.